The number of nitrogens with zero attached hydrogens (tertiary/aromatic N) is 4. The van der Waals surface area contributed by atoms with Gasteiger partial charge in [0.05, 0.1) is 17.8 Å². The van der Waals surface area contributed by atoms with Gasteiger partial charge in [0.2, 0.25) is 5.89 Å². The predicted molar refractivity (Wildman–Crippen MR) is 111 cm³/mol. The summed E-state index contributed by atoms with van der Waals surface area (Å²) in [5.74, 6) is 1.32. The molecule has 0 spiro atoms. The van der Waals surface area contributed by atoms with Gasteiger partial charge in [-0.2, -0.15) is 10.1 Å². The van der Waals surface area contributed by atoms with Gasteiger partial charge in [0.15, 0.2) is 5.82 Å². The Hall–Kier alpha value is -2.18. The van der Waals surface area contributed by atoms with E-state index in [-0.39, 0.29) is 17.9 Å². The predicted octanol–water partition coefficient (Wildman–Crippen LogP) is 3.78. The summed E-state index contributed by atoms with van der Waals surface area (Å²) in [6, 6.07) is 8.60. The zero-order valence-corrected chi connectivity index (χ0v) is 17.6. The third-order valence-electron chi connectivity index (χ3n) is 5.73. The van der Waals surface area contributed by atoms with Crippen molar-refractivity contribution in [1.29, 1.82) is 0 Å². The molecule has 0 atom stereocenters. The molecule has 1 aromatic carbocycles. The van der Waals surface area contributed by atoms with E-state index < -0.39 is 0 Å². The molecule has 28 heavy (non-hydrogen) atoms. The third kappa shape index (κ3) is 3.98. The van der Waals surface area contributed by atoms with Gasteiger partial charge >= 0.3 is 0 Å². The fraction of sp³-hybridized carbons (Fsp3) is 0.476. The van der Waals surface area contributed by atoms with E-state index in [2.05, 4.69) is 59.9 Å². The van der Waals surface area contributed by atoms with Crippen LogP contribution >= 0.6 is 12.4 Å². The van der Waals surface area contributed by atoms with Crippen molar-refractivity contribution >= 4 is 12.4 Å². The average molecular weight is 402 g/mol. The van der Waals surface area contributed by atoms with E-state index in [9.17, 15) is 0 Å². The summed E-state index contributed by atoms with van der Waals surface area (Å²) in [5.41, 5.74) is 12.0. The molecule has 1 aliphatic rings. The van der Waals surface area contributed by atoms with Crippen LogP contribution in [0.5, 0.6) is 0 Å². The van der Waals surface area contributed by atoms with Crippen LogP contribution in [0.25, 0.3) is 0 Å². The minimum absolute atomic E-state index is 0. The van der Waals surface area contributed by atoms with E-state index in [1.54, 1.807) is 0 Å². The second-order valence-electron chi connectivity index (χ2n) is 7.81. The van der Waals surface area contributed by atoms with E-state index >= 15 is 0 Å². The second-order valence-corrected chi connectivity index (χ2v) is 7.81. The van der Waals surface area contributed by atoms with Gasteiger partial charge in [-0.1, -0.05) is 35.0 Å². The Labute approximate surface area is 171 Å². The van der Waals surface area contributed by atoms with Crippen LogP contribution in [-0.2, 0) is 24.9 Å². The lowest BCUT2D eigenvalue weighted by Gasteiger charge is -2.34. The molecule has 2 heterocycles. The molecule has 0 saturated heterocycles. The van der Waals surface area contributed by atoms with Crippen LogP contribution in [0, 0.1) is 20.8 Å². The van der Waals surface area contributed by atoms with Gasteiger partial charge in [-0.15, -0.1) is 12.4 Å². The normalized spacial score (nSPS) is 15.1. The fourth-order valence-corrected chi connectivity index (χ4v) is 3.69. The van der Waals surface area contributed by atoms with Crippen molar-refractivity contribution in [2.24, 2.45) is 5.73 Å². The molecule has 0 aliphatic heterocycles. The summed E-state index contributed by atoms with van der Waals surface area (Å²) in [4.78, 5) is 4.53. The van der Waals surface area contributed by atoms with Crippen molar-refractivity contribution in [3.05, 3.63) is 64.1 Å². The maximum absolute atomic E-state index is 6.28. The monoisotopic (exact) mass is 401 g/mol. The Morgan fingerprint density at radius 1 is 1.11 bits per heavy atom. The zero-order valence-electron chi connectivity index (χ0n) is 16.7. The molecule has 0 amide bonds. The van der Waals surface area contributed by atoms with E-state index in [4.69, 9.17) is 15.4 Å². The molecule has 0 bridgehead atoms. The Bertz CT molecular complexity index is 940. The lowest BCUT2D eigenvalue weighted by atomic mass is 9.77. The highest BCUT2D eigenvalue weighted by atomic mass is 35.5. The third-order valence-corrected chi connectivity index (χ3v) is 5.73. The Kier molecular flexibility index (Phi) is 5.91. The van der Waals surface area contributed by atoms with Crippen molar-refractivity contribution in [2.75, 3.05) is 0 Å². The molecule has 2 N–H and O–H groups in total. The Morgan fingerprint density at radius 2 is 1.82 bits per heavy atom. The summed E-state index contributed by atoms with van der Waals surface area (Å²) >= 11 is 0. The standard InChI is InChI=1S/C21H27N5O.ClH/c1-14-5-7-17(8-6-14)13-26-16(3)18(15(2)24-26)9-10-19-23-20(25-27-19)21(22)11-4-12-21;/h5-8H,4,9-13,22H2,1-3H3;1H. The van der Waals surface area contributed by atoms with Crippen molar-refractivity contribution < 1.29 is 4.52 Å². The van der Waals surface area contributed by atoms with Gasteiger partial charge in [0.25, 0.3) is 0 Å². The molecular formula is C21H28ClN5O. The molecule has 6 nitrogen and oxygen atoms in total. The topological polar surface area (TPSA) is 82.8 Å². The van der Waals surface area contributed by atoms with E-state index in [0.29, 0.717) is 18.1 Å². The summed E-state index contributed by atoms with van der Waals surface area (Å²) in [7, 11) is 0. The van der Waals surface area contributed by atoms with Crippen molar-refractivity contribution in [1.82, 2.24) is 19.9 Å². The van der Waals surface area contributed by atoms with Crippen molar-refractivity contribution in [3.63, 3.8) is 0 Å². The number of benzene rings is 1. The number of halogens is 1. The van der Waals surface area contributed by atoms with Gasteiger partial charge in [-0.3, -0.25) is 4.68 Å². The summed E-state index contributed by atoms with van der Waals surface area (Å²) in [6.07, 6.45) is 4.57. The molecule has 7 heteroatoms. The summed E-state index contributed by atoms with van der Waals surface area (Å²) in [6.45, 7) is 7.08. The minimum atomic E-state index is -0.369. The van der Waals surface area contributed by atoms with Crippen LogP contribution in [0.4, 0.5) is 0 Å². The van der Waals surface area contributed by atoms with E-state index in [1.807, 2.05) is 0 Å². The van der Waals surface area contributed by atoms with E-state index in [0.717, 1.165) is 37.9 Å². The first kappa shape index (κ1) is 20.6. The molecule has 1 aliphatic carbocycles. The van der Waals surface area contributed by atoms with E-state index in [1.165, 1.54) is 22.4 Å². The maximum Gasteiger partial charge on any atom is 0.227 e. The molecule has 2 aromatic heterocycles. The van der Waals surface area contributed by atoms with Crippen LogP contribution in [0.3, 0.4) is 0 Å². The van der Waals surface area contributed by atoms with Gasteiger partial charge in [-0.25, -0.2) is 0 Å². The SMILES string of the molecule is Cc1ccc(Cn2nc(C)c(CCc3nc(C4(N)CCC4)no3)c2C)cc1.Cl. The molecule has 0 unspecified atom stereocenters. The number of hydrogen-bond donors (Lipinski definition) is 1. The Balaban J connectivity index is 0.00000225. The quantitative estimate of drug-likeness (QED) is 0.679. The first-order valence-corrected chi connectivity index (χ1v) is 9.65. The molecule has 1 saturated carbocycles. The molecule has 150 valence electrons. The lowest BCUT2D eigenvalue weighted by molar-refractivity contribution is 0.229. The first-order chi connectivity index (χ1) is 12.9. The zero-order chi connectivity index (χ0) is 19.0. The number of aryl methyl sites for hydroxylation is 3. The van der Waals surface area contributed by atoms with Crippen LogP contribution in [0.2, 0.25) is 0 Å². The number of aromatic nitrogens is 4. The molecule has 1 fully saturated rings. The highest BCUT2D eigenvalue weighted by Gasteiger charge is 2.38. The number of hydrogen-bond acceptors (Lipinski definition) is 5. The number of nitrogens with two attached hydrogens (primary N) is 1. The largest absolute Gasteiger partial charge is 0.339 e. The minimum Gasteiger partial charge on any atom is -0.339 e. The average Bonchev–Trinajstić information content (AvgIpc) is 3.19. The maximum atomic E-state index is 6.28. The smallest absolute Gasteiger partial charge is 0.227 e. The summed E-state index contributed by atoms with van der Waals surface area (Å²) < 4.78 is 7.51. The van der Waals surface area contributed by atoms with Gasteiger partial charge in [-0.05, 0) is 57.6 Å². The molecular weight excluding hydrogens is 374 g/mol. The Morgan fingerprint density at radius 3 is 2.46 bits per heavy atom. The van der Waals surface area contributed by atoms with Gasteiger partial charge in [0, 0.05) is 12.1 Å². The van der Waals surface area contributed by atoms with Crippen LogP contribution in [0.15, 0.2) is 28.8 Å². The van der Waals surface area contributed by atoms with Gasteiger partial charge < -0.3 is 10.3 Å². The lowest BCUT2D eigenvalue weighted by Crippen LogP contribution is -2.44. The van der Waals surface area contributed by atoms with Crippen molar-refractivity contribution in [3.8, 4) is 0 Å². The van der Waals surface area contributed by atoms with Crippen LogP contribution in [-0.4, -0.2) is 19.9 Å². The highest BCUT2D eigenvalue weighted by Crippen LogP contribution is 2.36. The first-order valence-electron chi connectivity index (χ1n) is 9.65. The number of rotatable bonds is 6. The summed E-state index contributed by atoms with van der Waals surface area (Å²) in [5, 5.41) is 8.84. The van der Waals surface area contributed by atoms with Crippen LogP contribution in [0.1, 0.15) is 59.1 Å². The van der Waals surface area contributed by atoms with Gasteiger partial charge in [0.1, 0.15) is 0 Å². The second kappa shape index (κ2) is 8.05. The molecule has 0 radical (unpaired) electrons. The highest BCUT2D eigenvalue weighted by molar-refractivity contribution is 5.85. The fourth-order valence-electron chi connectivity index (χ4n) is 3.69. The van der Waals surface area contributed by atoms with Crippen molar-refractivity contribution in [2.45, 2.75) is 65.0 Å². The van der Waals surface area contributed by atoms with Crippen LogP contribution < -0.4 is 5.73 Å². The molecule has 3 aromatic rings. The molecule has 4 rings (SSSR count).